The molecule has 0 saturated carbocycles. The van der Waals surface area contributed by atoms with Crippen molar-refractivity contribution in [1.29, 1.82) is 0 Å². The lowest BCUT2D eigenvalue weighted by Gasteiger charge is -2.20. The topological polar surface area (TPSA) is 72.8 Å². The predicted octanol–water partition coefficient (Wildman–Crippen LogP) is 2.80. The molecule has 2 heterocycles. The summed E-state index contributed by atoms with van der Waals surface area (Å²) in [6, 6.07) is 7.82. The number of carbonyl (C=O) groups excluding carboxylic acids is 1. The second-order valence-corrected chi connectivity index (χ2v) is 6.22. The lowest BCUT2D eigenvalue weighted by Crippen LogP contribution is -2.33. The maximum Gasteiger partial charge on any atom is 0.245 e. The van der Waals surface area contributed by atoms with E-state index >= 15 is 0 Å². The van der Waals surface area contributed by atoms with E-state index in [2.05, 4.69) is 15.5 Å². The molecule has 0 bridgehead atoms. The van der Waals surface area contributed by atoms with Crippen LogP contribution in [0.5, 0.6) is 0 Å². The Hall–Kier alpha value is -2.02. The fraction of sp³-hybridized carbons (Fsp3) is 0.353. The van der Waals surface area contributed by atoms with Crippen molar-refractivity contribution in [3.8, 4) is 0 Å². The van der Waals surface area contributed by atoms with E-state index in [9.17, 15) is 4.79 Å². The SMILES string of the molecule is Cc1ccc2cc(/C=N\NC(=O)CC3(C)OCCO3)c(Cl)nc2c1. The molecule has 1 saturated heterocycles. The van der Waals surface area contributed by atoms with Gasteiger partial charge < -0.3 is 9.47 Å². The monoisotopic (exact) mass is 347 g/mol. The van der Waals surface area contributed by atoms with Crippen LogP contribution in [0.1, 0.15) is 24.5 Å². The Morgan fingerprint density at radius 2 is 2.17 bits per heavy atom. The molecular weight excluding hydrogens is 330 g/mol. The zero-order valence-electron chi connectivity index (χ0n) is 13.5. The number of fused-ring (bicyclic) bond motifs is 1. The molecule has 6 nitrogen and oxygen atoms in total. The average Bonchev–Trinajstić information content (AvgIpc) is 2.94. The number of rotatable bonds is 4. The number of pyridine rings is 1. The highest BCUT2D eigenvalue weighted by Crippen LogP contribution is 2.22. The van der Waals surface area contributed by atoms with Gasteiger partial charge in [-0.3, -0.25) is 4.79 Å². The highest BCUT2D eigenvalue weighted by atomic mass is 35.5. The molecule has 1 aliphatic rings. The van der Waals surface area contributed by atoms with Crippen LogP contribution in [0, 0.1) is 6.92 Å². The van der Waals surface area contributed by atoms with E-state index in [0.717, 1.165) is 16.5 Å². The standard InChI is InChI=1S/C17H18ClN3O3/c1-11-3-4-12-8-13(16(18)20-14(12)7-11)10-19-21-15(22)9-17(2)23-5-6-24-17/h3-4,7-8,10H,5-6,9H2,1-2H3,(H,21,22)/b19-10-. The molecule has 0 aliphatic carbocycles. The zero-order chi connectivity index (χ0) is 17.2. The summed E-state index contributed by atoms with van der Waals surface area (Å²) in [5, 5.41) is 5.23. The molecule has 1 aliphatic heterocycles. The van der Waals surface area contributed by atoms with Gasteiger partial charge in [0.25, 0.3) is 0 Å². The van der Waals surface area contributed by atoms with Gasteiger partial charge in [-0.15, -0.1) is 0 Å². The van der Waals surface area contributed by atoms with Crippen molar-refractivity contribution in [2.45, 2.75) is 26.1 Å². The number of halogens is 1. The fourth-order valence-corrected chi connectivity index (χ4v) is 2.72. The minimum absolute atomic E-state index is 0.0767. The third-order valence-corrected chi connectivity index (χ3v) is 4.03. The van der Waals surface area contributed by atoms with E-state index in [0.29, 0.717) is 23.9 Å². The smallest absolute Gasteiger partial charge is 0.245 e. The van der Waals surface area contributed by atoms with Gasteiger partial charge in [0.05, 0.1) is 31.4 Å². The van der Waals surface area contributed by atoms with Crippen molar-refractivity contribution in [2.24, 2.45) is 5.10 Å². The maximum absolute atomic E-state index is 11.9. The number of carbonyl (C=O) groups is 1. The van der Waals surface area contributed by atoms with Crippen LogP contribution in [0.15, 0.2) is 29.4 Å². The summed E-state index contributed by atoms with van der Waals surface area (Å²) in [5.74, 6) is -1.17. The molecule has 1 aromatic carbocycles. The molecule has 1 fully saturated rings. The normalized spacial score (nSPS) is 16.8. The largest absolute Gasteiger partial charge is 0.347 e. The second kappa shape index (κ2) is 6.84. The van der Waals surface area contributed by atoms with Crippen LogP contribution < -0.4 is 5.43 Å². The highest BCUT2D eigenvalue weighted by Gasteiger charge is 2.33. The molecule has 3 rings (SSSR count). The van der Waals surface area contributed by atoms with Crippen molar-refractivity contribution in [3.05, 3.63) is 40.5 Å². The van der Waals surface area contributed by atoms with Gasteiger partial charge >= 0.3 is 0 Å². The van der Waals surface area contributed by atoms with Crippen LogP contribution in [0.4, 0.5) is 0 Å². The van der Waals surface area contributed by atoms with Gasteiger partial charge in [-0.1, -0.05) is 23.7 Å². The fourth-order valence-electron chi connectivity index (χ4n) is 2.52. The molecular formula is C17H18ClN3O3. The number of hydrazone groups is 1. The van der Waals surface area contributed by atoms with E-state index in [-0.39, 0.29) is 12.3 Å². The Morgan fingerprint density at radius 1 is 1.42 bits per heavy atom. The lowest BCUT2D eigenvalue weighted by atomic mass is 10.1. The summed E-state index contributed by atoms with van der Waals surface area (Å²) < 4.78 is 10.8. The summed E-state index contributed by atoms with van der Waals surface area (Å²) >= 11 is 6.18. The molecule has 24 heavy (non-hydrogen) atoms. The molecule has 1 aromatic heterocycles. The van der Waals surface area contributed by atoms with Crippen molar-refractivity contribution in [2.75, 3.05) is 13.2 Å². The Labute approximate surface area is 144 Å². The molecule has 0 atom stereocenters. The third-order valence-electron chi connectivity index (χ3n) is 3.73. The van der Waals surface area contributed by atoms with Crippen LogP contribution in [0.3, 0.4) is 0 Å². The van der Waals surface area contributed by atoms with Gasteiger partial charge in [0.2, 0.25) is 5.91 Å². The highest BCUT2D eigenvalue weighted by molar-refractivity contribution is 6.32. The van der Waals surface area contributed by atoms with Crippen LogP contribution >= 0.6 is 11.6 Å². The number of aryl methyl sites for hydroxylation is 1. The van der Waals surface area contributed by atoms with Crippen LogP contribution in [0.25, 0.3) is 10.9 Å². The number of hydrogen-bond acceptors (Lipinski definition) is 5. The number of amides is 1. The van der Waals surface area contributed by atoms with Crippen LogP contribution in [-0.2, 0) is 14.3 Å². The van der Waals surface area contributed by atoms with E-state index in [1.165, 1.54) is 6.21 Å². The minimum Gasteiger partial charge on any atom is -0.347 e. The lowest BCUT2D eigenvalue weighted by molar-refractivity contribution is -0.159. The Bertz CT molecular complexity index is 801. The van der Waals surface area contributed by atoms with Crippen LogP contribution in [-0.4, -0.2) is 36.1 Å². The molecule has 0 spiro atoms. The van der Waals surface area contributed by atoms with Crippen molar-refractivity contribution in [3.63, 3.8) is 0 Å². The molecule has 2 aromatic rings. The average molecular weight is 348 g/mol. The Morgan fingerprint density at radius 3 is 2.92 bits per heavy atom. The third kappa shape index (κ3) is 3.90. The molecule has 7 heteroatoms. The first-order chi connectivity index (χ1) is 11.5. The van der Waals surface area contributed by atoms with E-state index < -0.39 is 5.79 Å². The summed E-state index contributed by atoms with van der Waals surface area (Å²) in [6.07, 6.45) is 1.55. The van der Waals surface area contributed by atoms with Crippen molar-refractivity contribution < 1.29 is 14.3 Å². The van der Waals surface area contributed by atoms with E-state index in [4.69, 9.17) is 21.1 Å². The Kier molecular flexibility index (Phi) is 4.80. The first-order valence-corrected chi connectivity index (χ1v) is 8.00. The quantitative estimate of drug-likeness (QED) is 0.524. The van der Waals surface area contributed by atoms with Gasteiger partial charge in [0.15, 0.2) is 5.79 Å². The number of ether oxygens (including phenoxy) is 2. The summed E-state index contributed by atoms with van der Waals surface area (Å²) in [7, 11) is 0. The number of nitrogens with zero attached hydrogens (tertiary/aromatic N) is 2. The van der Waals surface area contributed by atoms with Gasteiger partial charge in [0, 0.05) is 10.9 Å². The van der Waals surface area contributed by atoms with Gasteiger partial charge in [-0.25, -0.2) is 10.4 Å². The number of hydrogen-bond donors (Lipinski definition) is 1. The minimum atomic E-state index is -0.875. The molecule has 0 unspecified atom stereocenters. The first-order valence-electron chi connectivity index (χ1n) is 7.62. The Balaban J connectivity index is 1.67. The van der Waals surface area contributed by atoms with E-state index in [1.807, 2.05) is 31.2 Å². The maximum atomic E-state index is 11.9. The number of nitrogens with one attached hydrogen (secondary N) is 1. The summed E-state index contributed by atoms with van der Waals surface area (Å²) in [6.45, 7) is 4.71. The predicted molar refractivity (Wildman–Crippen MR) is 92.2 cm³/mol. The van der Waals surface area contributed by atoms with Crippen molar-refractivity contribution in [1.82, 2.24) is 10.4 Å². The summed E-state index contributed by atoms with van der Waals surface area (Å²) in [4.78, 5) is 16.2. The molecule has 0 radical (unpaired) electrons. The first kappa shape index (κ1) is 16.8. The van der Waals surface area contributed by atoms with E-state index in [1.54, 1.807) is 6.92 Å². The van der Waals surface area contributed by atoms with Gasteiger partial charge in [0.1, 0.15) is 5.15 Å². The molecule has 1 N–H and O–H groups in total. The zero-order valence-corrected chi connectivity index (χ0v) is 14.3. The number of aromatic nitrogens is 1. The molecule has 126 valence electrons. The van der Waals surface area contributed by atoms with Gasteiger partial charge in [-0.2, -0.15) is 5.10 Å². The molecule has 1 amide bonds. The second-order valence-electron chi connectivity index (χ2n) is 5.87. The van der Waals surface area contributed by atoms with Crippen LogP contribution in [0.2, 0.25) is 5.15 Å². The van der Waals surface area contributed by atoms with Crippen molar-refractivity contribution >= 4 is 34.6 Å². The summed E-state index contributed by atoms with van der Waals surface area (Å²) in [5.41, 5.74) is 5.02. The number of benzene rings is 1. The van der Waals surface area contributed by atoms with Gasteiger partial charge in [-0.05, 0) is 31.5 Å².